The minimum Gasteiger partial charge on any atom is -0.490 e. The Morgan fingerprint density at radius 2 is 0.886 bits per heavy atom. The number of benzene rings is 1. The van der Waals surface area contributed by atoms with E-state index in [4.69, 9.17) is 9.47 Å². The Hall–Kier alpha value is -1.02. The first-order chi connectivity index (χ1) is 21.3. The summed E-state index contributed by atoms with van der Waals surface area (Å²) < 4.78 is 13.2. The predicted molar refractivity (Wildman–Crippen MR) is 175 cm³/mol. The maximum Gasteiger partial charge on any atom is 0.128 e. The van der Waals surface area contributed by atoms with E-state index in [0.29, 0.717) is 22.2 Å². The van der Waals surface area contributed by atoms with E-state index in [0.717, 1.165) is 66.5 Å². The third kappa shape index (κ3) is 3.82. The zero-order chi connectivity index (χ0) is 29.1. The van der Waals surface area contributed by atoms with Gasteiger partial charge in [0.05, 0.1) is 6.61 Å². The Balaban J connectivity index is 1.13. The van der Waals surface area contributed by atoms with Crippen LogP contribution in [0.25, 0.3) is 0 Å². The summed E-state index contributed by atoms with van der Waals surface area (Å²) in [6.45, 7) is 6.27. The molecule has 1 aliphatic heterocycles. The highest BCUT2D eigenvalue weighted by atomic mass is 16.6. The van der Waals surface area contributed by atoms with Crippen LogP contribution in [0.3, 0.4) is 0 Å². The zero-order valence-corrected chi connectivity index (χ0v) is 27.9. The molecule has 2 heteroatoms. The molecule has 12 saturated carbocycles. The second kappa shape index (κ2) is 8.90. The van der Waals surface area contributed by atoms with Gasteiger partial charge in [0.2, 0.25) is 0 Å². The molecule has 0 aromatic heterocycles. The highest BCUT2D eigenvalue weighted by Crippen LogP contribution is 2.69. The van der Waals surface area contributed by atoms with E-state index in [1.165, 1.54) is 102 Å². The van der Waals surface area contributed by atoms with Crippen molar-refractivity contribution in [3.05, 3.63) is 28.8 Å². The van der Waals surface area contributed by atoms with Crippen LogP contribution in [0.4, 0.5) is 0 Å². The molecule has 1 saturated heterocycles. The smallest absolute Gasteiger partial charge is 0.128 e. The van der Waals surface area contributed by atoms with Gasteiger partial charge in [-0.1, -0.05) is 13.8 Å². The largest absolute Gasteiger partial charge is 0.490 e. The fourth-order valence-corrected chi connectivity index (χ4v) is 16.3. The van der Waals surface area contributed by atoms with Crippen LogP contribution < -0.4 is 4.74 Å². The van der Waals surface area contributed by atoms with Crippen molar-refractivity contribution < 1.29 is 9.47 Å². The van der Waals surface area contributed by atoms with Gasteiger partial charge in [-0.2, -0.15) is 0 Å². The van der Waals surface area contributed by atoms with Gasteiger partial charge in [-0.15, -0.1) is 0 Å². The van der Waals surface area contributed by atoms with E-state index in [1.807, 2.05) is 16.7 Å². The first-order valence-electron chi connectivity index (χ1n) is 19.7. The van der Waals surface area contributed by atoms with Crippen molar-refractivity contribution in [2.24, 2.45) is 59.2 Å². The van der Waals surface area contributed by atoms with E-state index in [1.54, 1.807) is 19.3 Å². The predicted octanol–water partition coefficient (Wildman–Crippen LogP) is 9.89. The Bertz CT molecular complexity index is 1190. The Morgan fingerprint density at radius 3 is 1.18 bits per heavy atom. The molecule has 13 aliphatic rings. The normalized spacial score (nSPS) is 53.7. The summed E-state index contributed by atoms with van der Waals surface area (Å²) in [5, 5.41) is 0. The Labute approximate surface area is 267 Å². The minimum absolute atomic E-state index is 0.0553. The lowest BCUT2D eigenvalue weighted by molar-refractivity contribution is -0.0245. The van der Waals surface area contributed by atoms with Crippen molar-refractivity contribution in [2.45, 2.75) is 151 Å². The van der Waals surface area contributed by atoms with Gasteiger partial charge in [-0.25, -0.2) is 0 Å². The number of hydrogen-bond acceptors (Lipinski definition) is 2. The average Bonchev–Trinajstić information content (AvgIpc) is 3.75. The monoisotopic (exact) mass is 594 g/mol. The molecule has 14 rings (SSSR count). The molecule has 2 nitrogen and oxygen atoms in total. The fraction of sp³-hybridized carbons (Fsp3) is 0.857. The van der Waals surface area contributed by atoms with Gasteiger partial charge in [0.15, 0.2) is 0 Å². The van der Waals surface area contributed by atoms with Crippen molar-refractivity contribution in [2.75, 3.05) is 13.2 Å². The molecule has 13 fully saturated rings. The molecule has 1 heterocycles. The summed E-state index contributed by atoms with van der Waals surface area (Å²) in [4.78, 5) is 0. The fourth-order valence-electron chi connectivity index (χ4n) is 16.3. The van der Waals surface area contributed by atoms with Crippen molar-refractivity contribution in [1.82, 2.24) is 0 Å². The number of hydrogen-bond donors (Lipinski definition) is 0. The van der Waals surface area contributed by atoms with Crippen LogP contribution in [-0.4, -0.2) is 18.8 Å². The number of ether oxygens (including phenoxy) is 2. The molecule has 1 aromatic rings. The van der Waals surface area contributed by atoms with Crippen molar-refractivity contribution in [3.8, 4) is 5.75 Å². The van der Waals surface area contributed by atoms with E-state index in [2.05, 4.69) is 26.0 Å². The third-order valence-corrected chi connectivity index (χ3v) is 17.0. The van der Waals surface area contributed by atoms with Crippen LogP contribution in [0.5, 0.6) is 5.75 Å². The molecule has 0 radical (unpaired) electrons. The molecule has 12 bridgehead atoms. The molecule has 44 heavy (non-hydrogen) atoms. The maximum atomic E-state index is 7.05. The van der Waals surface area contributed by atoms with Gasteiger partial charge in [0.25, 0.3) is 0 Å². The van der Waals surface area contributed by atoms with Crippen LogP contribution in [-0.2, 0) is 21.0 Å². The van der Waals surface area contributed by atoms with Crippen LogP contribution in [0, 0.1) is 59.2 Å². The SMILES string of the molecule is CC(C)C1(COc2cc(C34CC5CC(CC(C5)C3)C4)c(C34CC5CC(CC(C5)C3)C4)c(C34CC5CC(CC(C5)C3)C4)c2)CO1. The summed E-state index contributed by atoms with van der Waals surface area (Å²) >= 11 is 0. The lowest BCUT2D eigenvalue weighted by atomic mass is 9.41. The van der Waals surface area contributed by atoms with Crippen LogP contribution >= 0.6 is 0 Å². The first-order valence-corrected chi connectivity index (χ1v) is 19.7. The third-order valence-electron chi connectivity index (χ3n) is 17.0. The molecular weight excluding hydrogens is 536 g/mol. The van der Waals surface area contributed by atoms with E-state index in [-0.39, 0.29) is 5.60 Å². The molecular formula is C42H58O2. The van der Waals surface area contributed by atoms with E-state index < -0.39 is 0 Å². The second-order valence-corrected chi connectivity index (χ2v) is 20.3. The summed E-state index contributed by atoms with van der Waals surface area (Å²) in [5.41, 5.74) is 7.04. The summed E-state index contributed by atoms with van der Waals surface area (Å²) in [5.74, 6) is 10.7. The minimum atomic E-state index is -0.0553. The summed E-state index contributed by atoms with van der Waals surface area (Å²) in [7, 11) is 0. The van der Waals surface area contributed by atoms with Crippen LogP contribution in [0.1, 0.15) is 146 Å². The highest BCUT2D eigenvalue weighted by molar-refractivity contribution is 5.55. The lowest BCUT2D eigenvalue weighted by Gasteiger charge is -2.63. The van der Waals surface area contributed by atoms with E-state index in [9.17, 15) is 0 Å². The van der Waals surface area contributed by atoms with Gasteiger partial charge in [0, 0.05) is 0 Å². The summed E-state index contributed by atoms with van der Waals surface area (Å²) in [6, 6.07) is 5.48. The number of epoxide rings is 1. The van der Waals surface area contributed by atoms with Gasteiger partial charge in [0.1, 0.15) is 18.0 Å². The standard InChI is InChI=1S/C42H58O2/c1-25(2)42(24-44-42)23-43-35-12-36(39-14-26-3-27(15-39)5-28(4-26)16-39)38(41-20-32-9-33(21-41)11-34(10-32)22-41)37(13-35)40-17-29-6-30(18-40)8-31(7-29)19-40/h12-13,25-34H,3-11,14-24H2,1-2H3. The molecule has 1 atom stereocenters. The van der Waals surface area contributed by atoms with E-state index >= 15 is 0 Å². The summed E-state index contributed by atoms with van der Waals surface area (Å²) in [6.07, 6.45) is 27.4. The molecule has 12 aliphatic carbocycles. The van der Waals surface area contributed by atoms with Crippen LogP contribution in [0.15, 0.2) is 12.1 Å². The topological polar surface area (TPSA) is 21.8 Å². The van der Waals surface area contributed by atoms with Gasteiger partial charge < -0.3 is 9.47 Å². The van der Waals surface area contributed by atoms with Gasteiger partial charge in [-0.05, 0) is 220 Å². The zero-order valence-electron chi connectivity index (χ0n) is 27.9. The maximum absolute atomic E-state index is 7.05. The molecule has 238 valence electrons. The second-order valence-electron chi connectivity index (χ2n) is 20.3. The average molecular weight is 595 g/mol. The molecule has 0 N–H and O–H groups in total. The molecule has 0 spiro atoms. The lowest BCUT2D eigenvalue weighted by Crippen LogP contribution is -2.55. The quantitative estimate of drug-likeness (QED) is 0.293. The molecule has 1 unspecified atom stereocenters. The van der Waals surface area contributed by atoms with Crippen LogP contribution in [0.2, 0.25) is 0 Å². The van der Waals surface area contributed by atoms with Crippen molar-refractivity contribution in [1.29, 1.82) is 0 Å². The Kier molecular flexibility index (Phi) is 5.46. The number of rotatable bonds is 7. The van der Waals surface area contributed by atoms with Crippen molar-refractivity contribution >= 4 is 0 Å². The molecule has 0 amide bonds. The Morgan fingerprint density at radius 1 is 0.568 bits per heavy atom. The van der Waals surface area contributed by atoms with Gasteiger partial charge >= 0.3 is 0 Å². The van der Waals surface area contributed by atoms with Gasteiger partial charge in [-0.3, -0.25) is 0 Å². The van der Waals surface area contributed by atoms with Crippen molar-refractivity contribution in [3.63, 3.8) is 0 Å². The highest BCUT2D eigenvalue weighted by Gasteiger charge is 2.60. The first kappa shape index (κ1) is 27.0. The molecule has 1 aromatic carbocycles.